The van der Waals surface area contributed by atoms with Gasteiger partial charge in [-0.05, 0) is 43.0 Å². The molecule has 0 aliphatic rings. The second-order valence-corrected chi connectivity index (χ2v) is 3.64. The number of carboxylic acid groups (broad SMARTS) is 1. The zero-order valence-electron chi connectivity index (χ0n) is 9.40. The molecule has 1 aromatic carbocycles. The summed E-state index contributed by atoms with van der Waals surface area (Å²) in [7, 11) is 0. The molecule has 0 heterocycles. The van der Waals surface area contributed by atoms with Crippen molar-refractivity contribution in [1.82, 2.24) is 0 Å². The fraction of sp³-hybridized carbons (Fsp3) is 0.364. The second kappa shape index (κ2) is 6.33. The van der Waals surface area contributed by atoms with Crippen LogP contribution in [0.2, 0.25) is 0 Å². The van der Waals surface area contributed by atoms with Crippen molar-refractivity contribution < 1.29 is 47.7 Å². The summed E-state index contributed by atoms with van der Waals surface area (Å²) in [5.74, 6) is -0.791. The number of aliphatic carboxylic acids is 1. The number of rotatable bonds is 3. The first-order valence-electron chi connectivity index (χ1n) is 4.70. The van der Waals surface area contributed by atoms with Crippen molar-refractivity contribution >= 4 is 5.97 Å². The number of phenols is 1. The first kappa shape index (κ1) is 15.6. The molecule has 0 fully saturated rings. The Morgan fingerprint density at radius 1 is 1.38 bits per heavy atom. The van der Waals surface area contributed by atoms with Crippen molar-refractivity contribution in [2.45, 2.75) is 26.3 Å². The van der Waals surface area contributed by atoms with Crippen LogP contribution < -0.4 is 5.73 Å². The van der Waals surface area contributed by atoms with E-state index >= 15 is 0 Å². The van der Waals surface area contributed by atoms with Crippen LogP contribution in [0, 0.1) is 13.8 Å². The molecular weight excluding hydrogens is 283 g/mol. The van der Waals surface area contributed by atoms with Crippen molar-refractivity contribution in [2.75, 3.05) is 0 Å². The van der Waals surface area contributed by atoms with Crippen molar-refractivity contribution in [3.63, 3.8) is 0 Å². The third-order valence-electron chi connectivity index (χ3n) is 2.63. The van der Waals surface area contributed by atoms with Gasteiger partial charge in [0.2, 0.25) is 0 Å². The second-order valence-electron chi connectivity index (χ2n) is 3.64. The zero-order chi connectivity index (χ0) is 11.6. The van der Waals surface area contributed by atoms with Gasteiger partial charge in [-0.25, -0.2) is 0 Å². The SMILES string of the molecule is Cc1c(O)ccc(C[C@H](N)C(=O)O)c1C.[Y]. The summed E-state index contributed by atoms with van der Waals surface area (Å²) >= 11 is 0. The first-order valence-corrected chi connectivity index (χ1v) is 4.70. The van der Waals surface area contributed by atoms with E-state index in [0.29, 0.717) is 0 Å². The van der Waals surface area contributed by atoms with Gasteiger partial charge < -0.3 is 15.9 Å². The molecule has 1 aromatic rings. The Labute approximate surface area is 120 Å². The Morgan fingerprint density at radius 2 is 1.94 bits per heavy atom. The van der Waals surface area contributed by atoms with E-state index in [4.69, 9.17) is 10.8 Å². The van der Waals surface area contributed by atoms with E-state index in [0.717, 1.165) is 16.7 Å². The molecule has 1 atom stereocenters. The van der Waals surface area contributed by atoms with Crippen LogP contribution >= 0.6 is 0 Å². The van der Waals surface area contributed by atoms with Crippen LogP contribution in [0.15, 0.2) is 12.1 Å². The van der Waals surface area contributed by atoms with Crippen molar-refractivity contribution in [3.05, 3.63) is 28.8 Å². The fourth-order valence-electron chi connectivity index (χ4n) is 1.41. The van der Waals surface area contributed by atoms with Gasteiger partial charge in [0.1, 0.15) is 11.8 Å². The normalized spacial score (nSPS) is 11.7. The van der Waals surface area contributed by atoms with Crippen LogP contribution in [-0.2, 0) is 43.9 Å². The maximum Gasteiger partial charge on any atom is 0.320 e. The van der Waals surface area contributed by atoms with E-state index in [1.165, 1.54) is 0 Å². The Kier molecular flexibility index (Phi) is 6.15. The van der Waals surface area contributed by atoms with Crippen molar-refractivity contribution in [2.24, 2.45) is 5.73 Å². The average molecular weight is 298 g/mol. The topological polar surface area (TPSA) is 83.5 Å². The monoisotopic (exact) mass is 298 g/mol. The number of hydrogen-bond donors (Lipinski definition) is 3. The zero-order valence-corrected chi connectivity index (χ0v) is 12.2. The summed E-state index contributed by atoms with van der Waals surface area (Å²) < 4.78 is 0. The predicted octanol–water partition coefficient (Wildman–Crippen LogP) is 0.961. The number of aromatic hydroxyl groups is 1. The van der Waals surface area contributed by atoms with E-state index in [-0.39, 0.29) is 44.9 Å². The minimum absolute atomic E-state index is 0. The van der Waals surface area contributed by atoms with Gasteiger partial charge in [0.25, 0.3) is 0 Å². The molecule has 0 saturated heterocycles. The largest absolute Gasteiger partial charge is 0.508 e. The quantitative estimate of drug-likeness (QED) is 0.776. The summed E-state index contributed by atoms with van der Waals surface area (Å²) in [6.45, 7) is 3.64. The summed E-state index contributed by atoms with van der Waals surface area (Å²) in [5, 5.41) is 18.1. The van der Waals surface area contributed by atoms with E-state index in [1.54, 1.807) is 19.1 Å². The van der Waals surface area contributed by atoms with Crippen molar-refractivity contribution in [1.29, 1.82) is 0 Å². The molecule has 0 saturated carbocycles. The molecular formula is C11H15NO3Y. The summed E-state index contributed by atoms with van der Waals surface area (Å²) in [4.78, 5) is 10.6. The Morgan fingerprint density at radius 3 is 2.44 bits per heavy atom. The summed E-state index contributed by atoms with van der Waals surface area (Å²) in [5.41, 5.74) is 7.97. The number of nitrogens with two attached hydrogens (primary N) is 1. The third-order valence-corrected chi connectivity index (χ3v) is 2.63. The van der Waals surface area contributed by atoms with Crippen molar-refractivity contribution in [3.8, 4) is 5.75 Å². The van der Waals surface area contributed by atoms with E-state index in [2.05, 4.69) is 0 Å². The van der Waals surface area contributed by atoms with Gasteiger partial charge in [0, 0.05) is 32.7 Å². The molecule has 4 N–H and O–H groups in total. The maximum absolute atomic E-state index is 10.6. The fourth-order valence-corrected chi connectivity index (χ4v) is 1.41. The molecule has 0 aliphatic heterocycles. The number of carbonyl (C=O) groups is 1. The van der Waals surface area contributed by atoms with Gasteiger partial charge in [-0.3, -0.25) is 4.79 Å². The van der Waals surface area contributed by atoms with Gasteiger partial charge in [-0.2, -0.15) is 0 Å². The number of hydrogen-bond acceptors (Lipinski definition) is 3. The smallest absolute Gasteiger partial charge is 0.320 e. The van der Waals surface area contributed by atoms with Gasteiger partial charge in [-0.15, -0.1) is 0 Å². The molecule has 0 aliphatic carbocycles. The standard InChI is InChI=1S/C11H15NO3.Y/c1-6-7(2)10(13)4-3-8(6)5-9(12)11(14)15;/h3-4,9,13H,5,12H2,1-2H3,(H,14,15);/t9-;/m0./s1. The van der Waals surface area contributed by atoms with Gasteiger partial charge in [-0.1, -0.05) is 6.07 Å². The molecule has 1 rings (SSSR count). The minimum atomic E-state index is -1.01. The number of carboxylic acids is 1. The maximum atomic E-state index is 10.6. The Bertz CT molecular complexity index is 393. The average Bonchev–Trinajstić information content (AvgIpc) is 2.18. The van der Waals surface area contributed by atoms with Gasteiger partial charge in [0.15, 0.2) is 0 Å². The molecule has 0 unspecified atom stereocenters. The van der Waals surface area contributed by atoms with Crippen LogP contribution in [0.25, 0.3) is 0 Å². The van der Waals surface area contributed by atoms with Crippen LogP contribution in [-0.4, -0.2) is 22.2 Å². The minimum Gasteiger partial charge on any atom is -0.508 e. The van der Waals surface area contributed by atoms with Gasteiger partial charge >= 0.3 is 5.97 Å². The molecule has 0 amide bonds. The van der Waals surface area contributed by atoms with E-state index in [9.17, 15) is 9.90 Å². The molecule has 5 heteroatoms. The van der Waals surface area contributed by atoms with Crippen LogP contribution in [0.3, 0.4) is 0 Å². The molecule has 1 radical (unpaired) electrons. The predicted molar refractivity (Wildman–Crippen MR) is 56.9 cm³/mol. The molecule has 85 valence electrons. The molecule has 16 heavy (non-hydrogen) atoms. The summed E-state index contributed by atoms with van der Waals surface area (Å²) in [6.07, 6.45) is 0.280. The number of phenolic OH excluding ortho intramolecular Hbond substituents is 1. The van der Waals surface area contributed by atoms with Crippen LogP contribution in [0.5, 0.6) is 5.75 Å². The molecule has 0 spiro atoms. The summed E-state index contributed by atoms with van der Waals surface area (Å²) in [6, 6.07) is 2.37. The molecule has 0 aromatic heterocycles. The Hall–Kier alpha value is -0.446. The van der Waals surface area contributed by atoms with E-state index < -0.39 is 12.0 Å². The van der Waals surface area contributed by atoms with E-state index in [1.807, 2.05) is 6.92 Å². The first-order chi connectivity index (χ1) is 6.93. The number of benzene rings is 1. The molecule has 0 bridgehead atoms. The Balaban J connectivity index is 0.00000225. The van der Waals surface area contributed by atoms with Crippen LogP contribution in [0.1, 0.15) is 16.7 Å². The van der Waals surface area contributed by atoms with Crippen LogP contribution in [0.4, 0.5) is 0 Å². The third kappa shape index (κ3) is 3.54. The molecule has 4 nitrogen and oxygen atoms in total. The van der Waals surface area contributed by atoms with Gasteiger partial charge in [0.05, 0.1) is 0 Å².